The minimum atomic E-state index is -3.77. The van der Waals surface area contributed by atoms with Crippen LogP contribution in [-0.4, -0.2) is 26.2 Å². The van der Waals surface area contributed by atoms with Gasteiger partial charge in [0.2, 0.25) is 0 Å². The topological polar surface area (TPSA) is 63.6 Å². The normalized spacial score (nSPS) is 13.8. The first-order valence-corrected chi connectivity index (χ1v) is 7.36. The van der Waals surface area contributed by atoms with Gasteiger partial charge in [0, 0.05) is 0 Å². The number of aryl methyl sites for hydroxylation is 1. The lowest BCUT2D eigenvalue weighted by molar-refractivity contribution is 0.0920. The molecule has 0 fully saturated rings. The smallest absolute Gasteiger partial charge is 0.297 e. The van der Waals surface area contributed by atoms with E-state index in [1.54, 1.807) is 12.1 Å². The molecule has 1 atom stereocenters. The molecule has 0 heterocycles. The monoisotopic (exact) mass is 272 g/mol. The average Bonchev–Trinajstić information content (AvgIpc) is 2.26. The molecule has 18 heavy (non-hydrogen) atoms. The van der Waals surface area contributed by atoms with Crippen molar-refractivity contribution in [3.05, 3.63) is 29.8 Å². The van der Waals surface area contributed by atoms with Crippen molar-refractivity contribution in [2.75, 3.05) is 6.61 Å². The Labute approximate surface area is 109 Å². The molecule has 0 unspecified atom stereocenters. The fourth-order valence-electron chi connectivity index (χ4n) is 1.55. The Morgan fingerprint density at radius 1 is 1.22 bits per heavy atom. The van der Waals surface area contributed by atoms with Crippen LogP contribution in [0.3, 0.4) is 0 Å². The minimum absolute atomic E-state index is 0.116. The summed E-state index contributed by atoms with van der Waals surface area (Å²) >= 11 is 0. The van der Waals surface area contributed by atoms with E-state index in [0.717, 1.165) is 5.56 Å². The summed E-state index contributed by atoms with van der Waals surface area (Å²) in [6.07, 6.45) is -0.242. The van der Waals surface area contributed by atoms with Gasteiger partial charge in [-0.05, 0) is 31.4 Å². The van der Waals surface area contributed by atoms with Crippen molar-refractivity contribution in [1.82, 2.24) is 0 Å². The van der Waals surface area contributed by atoms with Crippen molar-refractivity contribution in [1.29, 1.82) is 0 Å². The fourth-order valence-corrected chi connectivity index (χ4v) is 2.50. The van der Waals surface area contributed by atoms with Crippen molar-refractivity contribution in [2.24, 2.45) is 5.92 Å². The molecule has 1 N–H and O–H groups in total. The van der Waals surface area contributed by atoms with Crippen LogP contribution in [-0.2, 0) is 14.3 Å². The maximum Gasteiger partial charge on any atom is 0.297 e. The highest BCUT2D eigenvalue weighted by Gasteiger charge is 2.17. The average molecular weight is 272 g/mol. The van der Waals surface area contributed by atoms with Crippen LogP contribution in [0.1, 0.15) is 25.8 Å². The summed E-state index contributed by atoms with van der Waals surface area (Å²) in [6, 6.07) is 6.42. The lowest BCUT2D eigenvalue weighted by atomic mass is 10.1. The highest BCUT2D eigenvalue weighted by molar-refractivity contribution is 7.86. The van der Waals surface area contributed by atoms with Crippen LogP contribution in [0, 0.1) is 12.8 Å². The standard InChI is InChI=1S/C13H20O4S/c1-10(2)8-12(14)9-17-18(15,16)13-6-4-11(3)5-7-13/h4-7,10,12,14H,8-9H2,1-3H3/t12-/m0/s1. The van der Waals surface area contributed by atoms with Crippen LogP contribution in [0.4, 0.5) is 0 Å². The Morgan fingerprint density at radius 2 is 1.78 bits per heavy atom. The second-order valence-electron chi connectivity index (χ2n) is 4.84. The molecule has 0 amide bonds. The maximum absolute atomic E-state index is 11.8. The van der Waals surface area contributed by atoms with Gasteiger partial charge in [0.05, 0.1) is 17.6 Å². The molecule has 0 aromatic heterocycles. The van der Waals surface area contributed by atoms with Crippen molar-refractivity contribution < 1.29 is 17.7 Å². The molecule has 1 aromatic carbocycles. The van der Waals surface area contributed by atoms with Gasteiger partial charge in [-0.25, -0.2) is 0 Å². The largest absolute Gasteiger partial charge is 0.391 e. The number of hydrogen-bond acceptors (Lipinski definition) is 4. The van der Waals surface area contributed by atoms with E-state index < -0.39 is 16.2 Å². The number of benzene rings is 1. The van der Waals surface area contributed by atoms with Gasteiger partial charge >= 0.3 is 0 Å². The first-order chi connectivity index (χ1) is 8.31. The molecule has 5 heteroatoms. The van der Waals surface area contributed by atoms with Gasteiger partial charge in [-0.15, -0.1) is 0 Å². The summed E-state index contributed by atoms with van der Waals surface area (Å²) in [4.78, 5) is 0.116. The molecule has 0 saturated heterocycles. The van der Waals surface area contributed by atoms with E-state index in [9.17, 15) is 13.5 Å². The number of rotatable bonds is 6. The molecule has 1 rings (SSSR count). The highest BCUT2D eigenvalue weighted by atomic mass is 32.2. The number of aliphatic hydroxyl groups is 1. The molecule has 0 saturated carbocycles. The zero-order valence-electron chi connectivity index (χ0n) is 11.0. The Bertz CT molecular complexity index is 462. The summed E-state index contributed by atoms with van der Waals surface area (Å²) in [6.45, 7) is 5.59. The zero-order valence-corrected chi connectivity index (χ0v) is 11.8. The Morgan fingerprint density at radius 3 is 2.28 bits per heavy atom. The van der Waals surface area contributed by atoms with Gasteiger partial charge in [-0.1, -0.05) is 31.5 Å². The van der Waals surface area contributed by atoms with E-state index in [1.807, 2.05) is 20.8 Å². The molecule has 0 spiro atoms. The van der Waals surface area contributed by atoms with Gasteiger partial charge in [-0.3, -0.25) is 4.18 Å². The van der Waals surface area contributed by atoms with E-state index in [0.29, 0.717) is 12.3 Å². The summed E-state index contributed by atoms with van der Waals surface area (Å²) in [5.74, 6) is 0.297. The molecule has 0 bridgehead atoms. The Balaban J connectivity index is 2.63. The molecule has 0 aliphatic heterocycles. The fraction of sp³-hybridized carbons (Fsp3) is 0.538. The van der Waals surface area contributed by atoms with E-state index in [-0.39, 0.29) is 11.5 Å². The molecule has 4 nitrogen and oxygen atoms in total. The van der Waals surface area contributed by atoms with Crippen LogP contribution in [0.15, 0.2) is 29.2 Å². The van der Waals surface area contributed by atoms with Crippen molar-refractivity contribution >= 4 is 10.1 Å². The molecule has 0 aliphatic carbocycles. The molecule has 102 valence electrons. The number of hydrogen-bond donors (Lipinski definition) is 1. The van der Waals surface area contributed by atoms with Crippen LogP contribution >= 0.6 is 0 Å². The SMILES string of the molecule is Cc1ccc(S(=O)(=O)OC[C@@H](O)CC(C)C)cc1. The molecule has 1 aromatic rings. The van der Waals surface area contributed by atoms with Crippen LogP contribution in [0.5, 0.6) is 0 Å². The quantitative estimate of drug-likeness (QED) is 0.806. The second kappa shape index (κ2) is 6.31. The highest BCUT2D eigenvalue weighted by Crippen LogP contribution is 2.14. The van der Waals surface area contributed by atoms with Crippen LogP contribution in [0.2, 0.25) is 0 Å². The van der Waals surface area contributed by atoms with Gasteiger partial charge < -0.3 is 5.11 Å². The maximum atomic E-state index is 11.8. The summed E-state index contributed by atoms with van der Waals surface area (Å²) in [5.41, 5.74) is 0.980. The zero-order chi connectivity index (χ0) is 13.8. The molecule has 0 radical (unpaired) electrons. The van der Waals surface area contributed by atoms with Crippen LogP contribution < -0.4 is 0 Å². The first kappa shape index (κ1) is 15.1. The third-order valence-corrected chi connectivity index (χ3v) is 3.76. The van der Waals surface area contributed by atoms with Crippen molar-refractivity contribution in [3.8, 4) is 0 Å². The van der Waals surface area contributed by atoms with Crippen molar-refractivity contribution in [3.63, 3.8) is 0 Å². The summed E-state index contributed by atoms with van der Waals surface area (Å²) in [7, 11) is -3.77. The lowest BCUT2D eigenvalue weighted by Crippen LogP contribution is -2.20. The van der Waals surface area contributed by atoms with Crippen molar-refractivity contribution in [2.45, 2.75) is 38.2 Å². The van der Waals surface area contributed by atoms with Crippen LogP contribution in [0.25, 0.3) is 0 Å². The van der Waals surface area contributed by atoms with E-state index in [4.69, 9.17) is 4.18 Å². The van der Waals surface area contributed by atoms with Gasteiger partial charge in [-0.2, -0.15) is 8.42 Å². The third-order valence-electron chi connectivity index (χ3n) is 2.47. The number of aliphatic hydroxyl groups excluding tert-OH is 1. The summed E-state index contributed by atoms with van der Waals surface area (Å²) in [5, 5.41) is 9.58. The van der Waals surface area contributed by atoms with Gasteiger partial charge in [0.1, 0.15) is 0 Å². The predicted molar refractivity (Wildman–Crippen MR) is 69.8 cm³/mol. The van der Waals surface area contributed by atoms with E-state index >= 15 is 0 Å². The Hall–Kier alpha value is -0.910. The second-order valence-corrected chi connectivity index (χ2v) is 6.45. The molecular weight excluding hydrogens is 252 g/mol. The van der Waals surface area contributed by atoms with Gasteiger partial charge in [0.25, 0.3) is 10.1 Å². The molecular formula is C13H20O4S. The Kier molecular flexibility index (Phi) is 5.31. The van der Waals surface area contributed by atoms with E-state index in [2.05, 4.69) is 0 Å². The lowest BCUT2D eigenvalue weighted by Gasteiger charge is -2.13. The molecule has 0 aliphatic rings. The van der Waals surface area contributed by atoms with Gasteiger partial charge in [0.15, 0.2) is 0 Å². The summed E-state index contributed by atoms with van der Waals surface area (Å²) < 4.78 is 28.4. The predicted octanol–water partition coefficient (Wildman–Crippen LogP) is 2.11. The minimum Gasteiger partial charge on any atom is -0.391 e. The van der Waals surface area contributed by atoms with E-state index in [1.165, 1.54) is 12.1 Å². The third kappa shape index (κ3) is 4.76. The first-order valence-electron chi connectivity index (χ1n) is 5.95.